The molecule has 21 heavy (non-hydrogen) atoms. The van der Waals surface area contributed by atoms with Crippen LogP contribution in [0.5, 0.6) is 0 Å². The van der Waals surface area contributed by atoms with Gasteiger partial charge in [0, 0.05) is 19.1 Å². The second-order valence-corrected chi connectivity index (χ2v) is 5.41. The van der Waals surface area contributed by atoms with Gasteiger partial charge >= 0.3 is 0 Å². The van der Waals surface area contributed by atoms with Gasteiger partial charge in [-0.15, -0.1) is 0 Å². The molecule has 1 atom stereocenters. The van der Waals surface area contributed by atoms with Crippen molar-refractivity contribution >= 4 is 11.8 Å². The molecule has 1 aliphatic heterocycles. The molecule has 2 amide bonds. The van der Waals surface area contributed by atoms with Crippen LogP contribution in [-0.2, 0) is 9.59 Å². The van der Waals surface area contributed by atoms with E-state index in [-0.39, 0.29) is 24.4 Å². The van der Waals surface area contributed by atoms with Crippen LogP contribution in [0.15, 0.2) is 30.3 Å². The van der Waals surface area contributed by atoms with Crippen molar-refractivity contribution in [2.75, 3.05) is 19.6 Å². The molecule has 1 aliphatic rings. The fraction of sp³-hybridized carbons (Fsp3) is 0.467. The van der Waals surface area contributed by atoms with Crippen molar-refractivity contribution in [3.63, 3.8) is 0 Å². The van der Waals surface area contributed by atoms with E-state index < -0.39 is 6.04 Å². The number of nitrogens with one attached hydrogen (secondary N) is 1. The first-order valence-electron chi connectivity index (χ1n) is 7.18. The van der Waals surface area contributed by atoms with Gasteiger partial charge in [0.15, 0.2) is 0 Å². The predicted molar refractivity (Wildman–Crippen MR) is 80.2 cm³/mol. The van der Waals surface area contributed by atoms with E-state index in [1.165, 1.54) is 0 Å². The standard InChI is InChI=1S/C15H22N4O2/c16-13(20)10-19-8-6-12(7-9-19)18-15(21)14(17)11-4-2-1-3-5-11/h1-5,12,14H,6-10,17H2,(H2,16,20)(H,18,21). The molecule has 0 spiro atoms. The molecular weight excluding hydrogens is 268 g/mol. The zero-order valence-corrected chi connectivity index (χ0v) is 12.0. The number of nitrogens with two attached hydrogens (primary N) is 2. The molecule has 2 rings (SSSR count). The number of carbonyl (C=O) groups is 2. The Bertz CT molecular complexity index is 484. The molecule has 6 heteroatoms. The van der Waals surface area contributed by atoms with Gasteiger partial charge in [0.2, 0.25) is 11.8 Å². The van der Waals surface area contributed by atoms with Crippen LogP contribution in [0.25, 0.3) is 0 Å². The highest BCUT2D eigenvalue weighted by atomic mass is 16.2. The van der Waals surface area contributed by atoms with E-state index in [1.54, 1.807) is 0 Å². The molecule has 1 aromatic rings. The Morgan fingerprint density at radius 2 is 1.86 bits per heavy atom. The summed E-state index contributed by atoms with van der Waals surface area (Å²) in [6.07, 6.45) is 1.61. The zero-order valence-electron chi connectivity index (χ0n) is 12.0. The Hall–Kier alpha value is -1.92. The molecule has 1 aromatic carbocycles. The molecule has 1 unspecified atom stereocenters. The van der Waals surface area contributed by atoms with Crippen LogP contribution in [-0.4, -0.2) is 42.4 Å². The summed E-state index contributed by atoms with van der Waals surface area (Å²) in [6.45, 7) is 1.80. The molecule has 0 radical (unpaired) electrons. The number of piperidine rings is 1. The van der Waals surface area contributed by atoms with E-state index >= 15 is 0 Å². The minimum atomic E-state index is -0.644. The van der Waals surface area contributed by atoms with E-state index in [4.69, 9.17) is 11.5 Å². The van der Waals surface area contributed by atoms with Crippen LogP contribution in [0.4, 0.5) is 0 Å². The molecule has 6 nitrogen and oxygen atoms in total. The van der Waals surface area contributed by atoms with Gasteiger partial charge in [0.1, 0.15) is 6.04 Å². The van der Waals surface area contributed by atoms with Gasteiger partial charge in [-0.2, -0.15) is 0 Å². The Morgan fingerprint density at radius 3 is 2.43 bits per heavy atom. The molecule has 0 aromatic heterocycles. The minimum Gasteiger partial charge on any atom is -0.369 e. The number of rotatable bonds is 5. The Morgan fingerprint density at radius 1 is 1.24 bits per heavy atom. The second-order valence-electron chi connectivity index (χ2n) is 5.41. The number of hydrogen-bond donors (Lipinski definition) is 3. The highest BCUT2D eigenvalue weighted by Crippen LogP contribution is 2.13. The first-order chi connectivity index (χ1) is 10.1. The molecule has 0 aliphatic carbocycles. The van der Waals surface area contributed by atoms with Crippen molar-refractivity contribution in [2.45, 2.75) is 24.9 Å². The third-order valence-electron chi connectivity index (χ3n) is 3.75. The number of primary amides is 1. The average molecular weight is 290 g/mol. The van der Waals surface area contributed by atoms with E-state index in [9.17, 15) is 9.59 Å². The number of likely N-dealkylation sites (tertiary alicyclic amines) is 1. The minimum absolute atomic E-state index is 0.108. The Kier molecular flexibility index (Phi) is 5.30. The van der Waals surface area contributed by atoms with Crippen LogP contribution in [0.2, 0.25) is 0 Å². The van der Waals surface area contributed by atoms with Crippen molar-refractivity contribution < 1.29 is 9.59 Å². The first-order valence-corrected chi connectivity index (χ1v) is 7.18. The number of nitrogens with zero attached hydrogens (tertiary/aromatic N) is 1. The third kappa shape index (κ3) is 4.54. The smallest absolute Gasteiger partial charge is 0.241 e. The largest absolute Gasteiger partial charge is 0.369 e. The van der Waals surface area contributed by atoms with Crippen LogP contribution in [0.3, 0.4) is 0 Å². The summed E-state index contributed by atoms with van der Waals surface area (Å²) in [5, 5.41) is 2.98. The Labute approximate surface area is 124 Å². The molecule has 1 fully saturated rings. The summed E-state index contributed by atoms with van der Waals surface area (Å²) in [7, 11) is 0. The summed E-state index contributed by atoms with van der Waals surface area (Å²) in [5.74, 6) is -0.474. The van der Waals surface area contributed by atoms with Crippen LogP contribution in [0, 0.1) is 0 Å². The van der Waals surface area contributed by atoms with Crippen molar-refractivity contribution in [3.8, 4) is 0 Å². The number of benzene rings is 1. The summed E-state index contributed by atoms with van der Waals surface area (Å²) < 4.78 is 0. The summed E-state index contributed by atoms with van der Waals surface area (Å²) in [5.41, 5.74) is 11.9. The molecule has 1 saturated heterocycles. The maximum atomic E-state index is 12.1. The summed E-state index contributed by atoms with van der Waals surface area (Å²) >= 11 is 0. The maximum Gasteiger partial charge on any atom is 0.241 e. The van der Waals surface area contributed by atoms with Crippen LogP contribution in [0.1, 0.15) is 24.4 Å². The fourth-order valence-electron chi connectivity index (χ4n) is 2.56. The number of hydrogen-bond acceptors (Lipinski definition) is 4. The monoisotopic (exact) mass is 290 g/mol. The van der Waals surface area contributed by atoms with Gasteiger partial charge in [-0.05, 0) is 18.4 Å². The van der Waals surface area contributed by atoms with Gasteiger partial charge in [-0.25, -0.2) is 0 Å². The molecule has 5 N–H and O–H groups in total. The molecule has 0 bridgehead atoms. The SMILES string of the molecule is NC(=O)CN1CCC(NC(=O)C(N)c2ccccc2)CC1. The van der Waals surface area contributed by atoms with E-state index in [2.05, 4.69) is 5.32 Å². The van der Waals surface area contributed by atoms with Crippen molar-refractivity contribution in [3.05, 3.63) is 35.9 Å². The molecular formula is C15H22N4O2. The third-order valence-corrected chi connectivity index (χ3v) is 3.75. The lowest BCUT2D eigenvalue weighted by Gasteiger charge is -2.32. The highest BCUT2D eigenvalue weighted by molar-refractivity contribution is 5.83. The average Bonchev–Trinajstić information content (AvgIpc) is 2.49. The summed E-state index contributed by atoms with van der Waals surface area (Å²) in [4.78, 5) is 25.0. The topological polar surface area (TPSA) is 101 Å². The van der Waals surface area contributed by atoms with Gasteiger partial charge < -0.3 is 16.8 Å². The van der Waals surface area contributed by atoms with E-state index in [0.29, 0.717) is 0 Å². The molecule has 1 heterocycles. The molecule has 114 valence electrons. The lowest BCUT2D eigenvalue weighted by atomic mass is 10.0. The van der Waals surface area contributed by atoms with E-state index in [1.807, 2.05) is 35.2 Å². The zero-order chi connectivity index (χ0) is 15.2. The van der Waals surface area contributed by atoms with Crippen LogP contribution < -0.4 is 16.8 Å². The quantitative estimate of drug-likeness (QED) is 0.696. The van der Waals surface area contributed by atoms with Gasteiger partial charge in [-0.3, -0.25) is 14.5 Å². The van der Waals surface area contributed by atoms with Crippen LogP contribution >= 0.6 is 0 Å². The van der Waals surface area contributed by atoms with Crippen molar-refractivity contribution in [1.82, 2.24) is 10.2 Å². The molecule has 0 saturated carbocycles. The number of amides is 2. The lowest BCUT2D eigenvalue weighted by molar-refractivity contribution is -0.124. The van der Waals surface area contributed by atoms with Crippen molar-refractivity contribution in [1.29, 1.82) is 0 Å². The number of carbonyl (C=O) groups excluding carboxylic acids is 2. The lowest BCUT2D eigenvalue weighted by Crippen LogP contribution is -2.48. The van der Waals surface area contributed by atoms with Gasteiger partial charge in [0.25, 0.3) is 0 Å². The maximum absolute atomic E-state index is 12.1. The van der Waals surface area contributed by atoms with Crippen molar-refractivity contribution in [2.24, 2.45) is 11.5 Å². The normalized spacial score (nSPS) is 18.1. The predicted octanol–water partition coefficient (Wildman–Crippen LogP) is -0.248. The summed E-state index contributed by atoms with van der Waals surface area (Å²) in [6, 6.07) is 8.78. The van der Waals surface area contributed by atoms with E-state index in [0.717, 1.165) is 31.5 Å². The fourth-order valence-corrected chi connectivity index (χ4v) is 2.56. The van der Waals surface area contributed by atoms with Gasteiger partial charge in [0.05, 0.1) is 6.54 Å². The second kappa shape index (κ2) is 7.19. The first kappa shape index (κ1) is 15.5. The highest BCUT2D eigenvalue weighted by Gasteiger charge is 2.24. The van der Waals surface area contributed by atoms with Gasteiger partial charge in [-0.1, -0.05) is 30.3 Å². The Balaban J connectivity index is 1.80.